The first-order valence-corrected chi connectivity index (χ1v) is 8.44. The van der Waals surface area contributed by atoms with Crippen LogP contribution < -0.4 is 4.72 Å². The summed E-state index contributed by atoms with van der Waals surface area (Å²) in [5.74, 6) is 0.140. The number of para-hydroxylation sites is 1. The van der Waals surface area contributed by atoms with Gasteiger partial charge in [0.05, 0.1) is 11.1 Å². The molecule has 1 rings (SSSR count). The molecule has 0 saturated carbocycles. The number of hydrogen-bond donors (Lipinski definition) is 1. The van der Waals surface area contributed by atoms with Crippen LogP contribution in [0.25, 0.3) is 0 Å². The minimum absolute atomic E-state index is 0.0391. The van der Waals surface area contributed by atoms with Gasteiger partial charge in [-0.05, 0) is 25.0 Å². The fourth-order valence-corrected chi connectivity index (χ4v) is 2.88. The van der Waals surface area contributed by atoms with E-state index in [2.05, 4.69) is 20.7 Å². The fourth-order valence-electron chi connectivity index (χ4n) is 1.42. The lowest BCUT2D eigenvalue weighted by Gasteiger charge is -2.07. The van der Waals surface area contributed by atoms with E-state index in [1.54, 1.807) is 24.3 Å². The maximum absolute atomic E-state index is 11.7. The average Bonchev–Trinajstić information content (AvgIpc) is 2.35. The van der Waals surface area contributed by atoms with Crippen LogP contribution in [0.1, 0.15) is 19.3 Å². The molecule has 0 aromatic heterocycles. The topological polar surface area (TPSA) is 63.2 Å². The number of anilines is 1. The van der Waals surface area contributed by atoms with Crippen LogP contribution in [0.15, 0.2) is 30.3 Å². The Bertz CT molecular complexity index is 473. The van der Waals surface area contributed by atoms with Crippen LogP contribution in [0, 0.1) is 0 Å². The van der Waals surface area contributed by atoms with E-state index in [0.29, 0.717) is 30.3 Å². The second-order valence-electron chi connectivity index (χ2n) is 3.92. The zero-order valence-electron chi connectivity index (χ0n) is 9.93. The maximum Gasteiger partial charge on any atom is 0.232 e. The van der Waals surface area contributed by atoms with Crippen LogP contribution in [0.3, 0.4) is 0 Å². The largest absolute Gasteiger partial charge is 0.299 e. The molecule has 0 fully saturated rings. The Balaban J connectivity index is 2.35. The molecule has 0 heterocycles. The number of carbonyl (C=O) groups excluding carboxylic acids is 1. The number of carbonyl (C=O) groups is 1. The Hall–Kier alpha value is -0.880. The highest BCUT2D eigenvalue weighted by Crippen LogP contribution is 2.09. The molecular weight excluding hydrogens is 318 g/mol. The van der Waals surface area contributed by atoms with E-state index in [0.717, 1.165) is 0 Å². The van der Waals surface area contributed by atoms with E-state index in [9.17, 15) is 13.2 Å². The quantitative estimate of drug-likeness (QED) is 0.587. The summed E-state index contributed by atoms with van der Waals surface area (Å²) in [6.07, 6.45) is 1.51. The van der Waals surface area contributed by atoms with Crippen molar-refractivity contribution in [3.05, 3.63) is 30.3 Å². The third kappa shape index (κ3) is 6.16. The summed E-state index contributed by atoms with van der Waals surface area (Å²) in [5.41, 5.74) is 0.564. The fraction of sp³-hybridized carbons (Fsp3) is 0.417. The zero-order chi connectivity index (χ0) is 13.4. The molecule has 1 aromatic carbocycles. The van der Waals surface area contributed by atoms with Gasteiger partial charge in [0.1, 0.15) is 5.78 Å². The van der Waals surface area contributed by atoms with Gasteiger partial charge in [-0.1, -0.05) is 34.1 Å². The molecule has 4 nitrogen and oxygen atoms in total. The second kappa shape index (κ2) is 7.53. The van der Waals surface area contributed by atoms with Crippen molar-refractivity contribution in [1.29, 1.82) is 0 Å². The lowest BCUT2D eigenvalue weighted by atomic mass is 10.2. The highest BCUT2D eigenvalue weighted by Gasteiger charge is 2.10. The van der Waals surface area contributed by atoms with Crippen molar-refractivity contribution in [3.8, 4) is 0 Å². The highest BCUT2D eigenvalue weighted by atomic mass is 79.9. The van der Waals surface area contributed by atoms with Crippen molar-refractivity contribution in [2.45, 2.75) is 19.3 Å². The Morgan fingerprint density at radius 1 is 1.17 bits per heavy atom. The zero-order valence-corrected chi connectivity index (χ0v) is 12.3. The molecule has 1 aromatic rings. The van der Waals surface area contributed by atoms with Gasteiger partial charge in [-0.3, -0.25) is 9.52 Å². The predicted octanol–water partition coefficient (Wildman–Crippen LogP) is 2.56. The molecule has 0 aliphatic carbocycles. The predicted molar refractivity (Wildman–Crippen MR) is 76.5 cm³/mol. The molecule has 0 atom stereocenters. The van der Waals surface area contributed by atoms with Crippen molar-refractivity contribution in [3.63, 3.8) is 0 Å². The summed E-state index contributed by atoms with van der Waals surface area (Å²) in [6.45, 7) is 0. The average molecular weight is 334 g/mol. The number of hydrogen-bond acceptors (Lipinski definition) is 3. The van der Waals surface area contributed by atoms with E-state index in [1.807, 2.05) is 6.07 Å². The molecule has 0 saturated heterocycles. The third-order valence-corrected chi connectivity index (χ3v) is 4.31. The van der Waals surface area contributed by atoms with Gasteiger partial charge in [-0.25, -0.2) is 8.42 Å². The van der Waals surface area contributed by atoms with E-state index in [4.69, 9.17) is 0 Å². The van der Waals surface area contributed by atoms with Crippen LogP contribution in [-0.4, -0.2) is 25.3 Å². The van der Waals surface area contributed by atoms with Crippen molar-refractivity contribution in [2.75, 3.05) is 15.8 Å². The summed E-state index contributed by atoms with van der Waals surface area (Å²) in [6, 6.07) is 8.76. The second-order valence-corrected chi connectivity index (χ2v) is 6.32. The molecule has 6 heteroatoms. The van der Waals surface area contributed by atoms with Gasteiger partial charge < -0.3 is 0 Å². The van der Waals surface area contributed by atoms with Gasteiger partial charge in [-0.15, -0.1) is 0 Å². The minimum Gasteiger partial charge on any atom is -0.299 e. The number of Topliss-reactive ketones (excluding diaryl/α,β-unsaturated/α-hetero) is 1. The summed E-state index contributed by atoms with van der Waals surface area (Å²) in [7, 11) is -3.31. The van der Waals surface area contributed by atoms with Crippen LogP contribution >= 0.6 is 15.9 Å². The molecule has 18 heavy (non-hydrogen) atoms. The summed E-state index contributed by atoms with van der Waals surface area (Å²) in [4.78, 5) is 11.0. The molecule has 100 valence electrons. The van der Waals surface area contributed by atoms with Crippen molar-refractivity contribution in [1.82, 2.24) is 0 Å². The molecule has 0 spiro atoms. The monoisotopic (exact) mass is 333 g/mol. The van der Waals surface area contributed by atoms with Gasteiger partial charge in [0.2, 0.25) is 10.0 Å². The Morgan fingerprint density at radius 3 is 2.44 bits per heavy atom. The highest BCUT2D eigenvalue weighted by molar-refractivity contribution is 9.09. The summed E-state index contributed by atoms with van der Waals surface area (Å²) in [5, 5.41) is 0.335. The van der Waals surface area contributed by atoms with E-state index in [1.165, 1.54) is 0 Å². The number of unbranched alkanes of at least 4 members (excludes halogenated alkanes) is 1. The number of ketones is 1. The number of sulfonamides is 1. The normalized spacial score (nSPS) is 11.2. The first kappa shape index (κ1) is 15.2. The standard InChI is InChI=1S/C12H16BrNO3S/c13-10-12(15)8-4-5-9-18(16,17)14-11-6-2-1-3-7-11/h1-3,6-7,14H,4-5,8-10H2. The van der Waals surface area contributed by atoms with E-state index >= 15 is 0 Å². The molecule has 0 bridgehead atoms. The van der Waals surface area contributed by atoms with Gasteiger partial charge >= 0.3 is 0 Å². The molecule has 0 aliphatic heterocycles. The Labute approximate surface area is 116 Å². The third-order valence-electron chi connectivity index (χ3n) is 2.31. The van der Waals surface area contributed by atoms with Crippen LogP contribution in [0.4, 0.5) is 5.69 Å². The molecule has 1 N–H and O–H groups in total. The van der Waals surface area contributed by atoms with Gasteiger partial charge in [0.25, 0.3) is 0 Å². The van der Waals surface area contributed by atoms with Gasteiger partial charge in [0.15, 0.2) is 0 Å². The number of benzene rings is 1. The lowest BCUT2D eigenvalue weighted by molar-refractivity contribution is -0.116. The number of rotatable bonds is 8. The SMILES string of the molecule is O=C(CBr)CCCCS(=O)(=O)Nc1ccccc1. The van der Waals surface area contributed by atoms with Crippen LogP contribution in [-0.2, 0) is 14.8 Å². The number of alkyl halides is 1. The minimum atomic E-state index is -3.31. The molecular formula is C12H16BrNO3S. The number of halogens is 1. The van der Waals surface area contributed by atoms with E-state index < -0.39 is 10.0 Å². The van der Waals surface area contributed by atoms with Crippen molar-refractivity contribution in [2.24, 2.45) is 0 Å². The lowest BCUT2D eigenvalue weighted by Crippen LogP contribution is -2.16. The smallest absolute Gasteiger partial charge is 0.232 e. The van der Waals surface area contributed by atoms with Crippen LogP contribution in [0.2, 0.25) is 0 Å². The van der Waals surface area contributed by atoms with Gasteiger partial charge in [-0.2, -0.15) is 0 Å². The van der Waals surface area contributed by atoms with Crippen molar-refractivity contribution >= 4 is 37.4 Å². The Morgan fingerprint density at radius 2 is 1.83 bits per heavy atom. The van der Waals surface area contributed by atoms with Crippen molar-refractivity contribution < 1.29 is 13.2 Å². The summed E-state index contributed by atoms with van der Waals surface area (Å²) < 4.78 is 25.9. The molecule has 0 aliphatic rings. The number of nitrogens with one attached hydrogen (secondary N) is 1. The molecule has 0 amide bonds. The molecule has 0 unspecified atom stereocenters. The van der Waals surface area contributed by atoms with E-state index in [-0.39, 0.29) is 11.5 Å². The summed E-state index contributed by atoms with van der Waals surface area (Å²) >= 11 is 3.07. The van der Waals surface area contributed by atoms with Gasteiger partial charge in [0, 0.05) is 12.1 Å². The first-order chi connectivity index (χ1) is 8.53. The molecule has 0 radical (unpaired) electrons. The van der Waals surface area contributed by atoms with Crippen LogP contribution in [0.5, 0.6) is 0 Å². The Kier molecular flexibility index (Phi) is 6.35. The first-order valence-electron chi connectivity index (χ1n) is 5.67. The maximum atomic E-state index is 11.7.